The second-order valence-electron chi connectivity index (χ2n) is 15.7. The van der Waals surface area contributed by atoms with Crippen LogP contribution in [0.15, 0.2) is 194 Å². The summed E-state index contributed by atoms with van der Waals surface area (Å²) in [5.74, 6) is 0. The van der Waals surface area contributed by atoms with E-state index in [0.717, 1.165) is 5.69 Å². The van der Waals surface area contributed by atoms with Crippen LogP contribution in [0.25, 0.3) is 66.1 Å². The number of benzene rings is 9. The molecule has 2 heteroatoms. The first-order chi connectivity index (χ1) is 27.6. The zero-order chi connectivity index (χ0) is 37.4. The number of fused-ring (bicyclic) bond motifs is 6. The minimum absolute atomic E-state index is 0.0126. The van der Waals surface area contributed by atoms with Crippen LogP contribution in [0.1, 0.15) is 36.7 Å². The van der Waals surface area contributed by atoms with Crippen molar-refractivity contribution in [2.24, 2.45) is 0 Å². The van der Waals surface area contributed by atoms with Crippen molar-refractivity contribution >= 4 is 38.6 Å². The Hall–Kier alpha value is -6.90. The number of para-hydroxylation sites is 3. The fourth-order valence-electron chi connectivity index (χ4n) is 9.64. The molecule has 0 saturated heterocycles. The zero-order valence-electron chi connectivity index (χ0n) is 31.5. The predicted molar refractivity (Wildman–Crippen MR) is 237 cm³/mol. The fraction of sp³-hybridized carbons (Fsp3) is 0.0741. The van der Waals surface area contributed by atoms with Crippen molar-refractivity contribution in [2.75, 3.05) is 10.2 Å². The average Bonchev–Trinajstić information content (AvgIpc) is 3.75. The molecule has 0 radical (unpaired) electrons. The fourth-order valence-corrected chi connectivity index (χ4v) is 9.64. The van der Waals surface area contributed by atoms with E-state index in [1.54, 1.807) is 0 Å². The monoisotopic (exact) mass is 716 g/mol. The van der Waals surface area contributed by atoms with Crippen molar-refractivity contribution in [1.82, 2.24) is 0 Å². The second-order valence-corrected chi connectivity index (χ2v) is 15.7. The lowest BCUT2D eigenvalue weighted by molar-refractivity contribution is 0.661. The summed E-state index contributed by atoms with van der Waals surface area (Å²) in [5.41, 5.74) is 17.5. The van der Waals surface area contributed by atoms with E-state index >= 15 is 0 Å². The highest BCUT2D eigenvalue weighted by Crippen LogP contribution is 2.56. The topological polar surface area (TPSA) is 15.3 Å². The van der Waals surface area contributed by atoms with Crippen LogP contribution in [0.4, 0.5) is 17.1 Å². The van der Waals surface area contributed by atoms with Crippen molar-refractivity contribution in [3.63, 3.8) is 0 Å². The molecule has 1 N–H and O–H groups in total. The van der Waals surface area contributed by atoms with Gasteiger partial charge < -0.3 is 10.2 Å². The first-order valence-electron chi connectivity index (χ1n) is 19.6. The van der Waals surface area contributed by atoms with Crippen molar-refractivity contribution in [3.8, 4) is 44.5 Å². The first kappa shape index (κ1) is 32.5. The van der Waals surface area contributed by atoms with Gasteiger partial charge in [-0.15, -0.1) is 0 Å². The van der Waals surface area contributed by atoms with E-state index in [0.29, 0.717) is 0 Å². The standard InChI is InChI=1S/C54H40N2/c1-54(2)46-26-16-25-40(35-29-31-38(32-30-35)53-55-48-27-14-15-28-49(48)56(53)39-21-10-5-11-22-39)52(46)45-33-43-44(34-47(45)54)51(37-19-8-4-9-20-37)42-24-13-12-23-41(42)50(43)36-17-6-3-7-18-36/h3-34,53,55H,1-2H3. The molecule has 1 heterocycles. The van der Waals surface area contributed by atoms with E-state index in [-0.39, 0.29) is 11.6 Å². The molecule has 266 valence electrons. The summed E-state index contributed by atoms with van der Waals surface area (Å²) >= 11 is 0. The van der Waals surface area contributed by atoms with E-state index in [9.17, 15) is 0 Å². The van der Waals surface area contributed by atoms with Gasteiger partial charge in [-0.05, 0) is 119 Å². The molecule has 2 aliphatic rings. The minimum Gasteiger partial charge on any atom is -0.359 e. The molecule has 2 nitrogen and oxygen atoms in total. The number of anilines is 3. The highest BCUT2D eigenvalue weighted by atomic mass is 15.3. The third-order valence-electron chi connectivity index (χ3n) is 12.3. The molecule has 0 saturated carbocycles. The van der Waals surface area contributed by atoms with Gasteiger partial charge in [-0.2, -0.15) is 0 Å². The van der Waals surface area contributed by atoms with Gasteiger partial charge in [-0.25, -0.2) is 0 Å². The van der Waals surface area contributed by atoms with Crippen molar-refractivity contribution in [1.29, 1.82) is 0 Å². The van der Waals surface area contributed by atoms with Gasteiger partial charge in [0, 0.05) is 11.1 Å². The van der Waals surface area contributed by atoms with Gasteiger partial charge in [-0.3, -0.25) is 0 Å². The van der Waals surface area contributed by atoms with E-state index in [2.05, 4.69) is 218 Å². The van der Waals surface area contributed by atoms with Crippen LogP contribution in [0.3, 0.4) is 0 Å². The summed E-state index contributed by atoms with van der Waals surface area (Å²) in [5, 5.41) is 8.96. The van der Waals surface area contributed by atoms with Gasteiger partial charge in [0.2, 0.25) is 0 Å². The van der Waals surface area contributed by atoms with Crippen LogP contribution < -0.4 is 10.2 Å². The normalized spacial score (nSPS) is 15.0. The second kappa shape index (κ2) is 12.6. The van der Waals surface area contributed by atoms with Gasteiger partial charge in [0.25, 0.3) is 0 Å². The molecule has 56 heavy (non-hydrogen) atoms. The molecular weight excluding hydrogens is 677 g/mol. The molecule has 1 unspecified atom stereocenters. The van der Waals surface area contributed by atoms with Crippen LogP contribution in [0, 0.1) is 0 Å². The quantitative estimate of drug-likeness (QED) is 0.178. The molecular formula is C54H40N2. The Morgan fingerprint density at radius 1 is 0.429 bits per heavy atom. The summed E-state index contributed by atoms with van der Waals surface area (Å²) < 4.78 is 0. The van der Waals surface area contributed by atoms with Crippen LogP contribution in [-0.2, 0) is 5.41 Å². The Kier molecular flexibility index (Phi) is 7.31. The molecule has 0 aromatic heterocycles. The number of nitrogens with zero attached hydrogens (tertiary/aromatic N) is 1. The smallest absolute Gasteiger partial charge is 0.130 e. The summed E-state index contributed by atoms with van der Waals surface area (Å²) in [7, 11) is 0. The summed E-state index contributed by atoms with van der Waals surface area (Å²) in [4.78, 5) is 2.41. The summed E-state index contributed by atoms with van der Waals surface area (Å²) in [6.07, 6.45) is -0.0126. The van der Waals surface area contributed by atoms with Crippen LogP contribution in [-0.4, -0.2) is 0 Å². The molecule has 9 aromatic rings. The lowest BCUT2D eigenvalue weighted by Gasteiger charge is -2.27. The maximum atomic E-state index is 3.81. The van der Waals surface area contributed by atoms with Crippen LogP contribution in [0.2, 0.25) is 0 Å². The average molecular weight is 717 g/mol. The number of hydrogen-bond acceptors (Lipinski definition) is 2. The van der Waals surface area contributed by atoms with E-state index in [1.807, 2.05) is 0 Å². The summed E-state index contributed by atoms with van der Waals surface area (Å²) in [6, 6.07) is 71.4. The third kappa shape index (κ3) is 4.89. The maximum Gasteiger partial charge on any atom is 0.130 e. The molecule has 0 amide bonds. The van der Waals surface area contributed by atoms with Crippen LogP contribution >= 0.6 is 0 Å². The molecule has 1 aliphatic carbocycles. The Bertz CT molecular complexity index is 2950. The predicted octanol–water partition coefficient (Wildman–Crippen LogP) is 14.6. The zero-order valence-corrected chi connectivity index (χ0v) is 31.5. The van der Waals surface area contributed by atoms with E-state index in [4.69, 9.17) is 0 Å². The molecule has 0 bridgehead atoms. The largest absolute Gasteiger partial charge is 0.359 e. The minimum atomic E-state index is -0.183. The highest BCUT2D eigenvalue weighted by molar-refractivity contribution is 6.22. The first-order valence-corrected chi connectivity index (χ1v) is 19.6. The van der Waals surface area contributed by atoms with Gasteiger partial charge in [-0.1, -0.05) is 172 Å². The molecule has 1 aliphatic heterocycles. The van der Waals surface area contributed by atoms with Crippen molar-refractivity contribution in [2.45, 2.75) is 25.4 Å². The van der Waals surface area contributed by atoms with E-state index < -0.39 is 0 Å². The van der Waals surface area contributed by atoms with E-state index in [1.165, 1.54) is 94.1 Å². The van der Waals surface area contributed by atoms with Crippen molar-refractivity contribution in [3.05, 3.63) is 211 Å². The molecule has 0 fully saturated rings. The third-order valence-corrected chi connectivity index (χ3v) is 12.3. The SMILES string of the molecule is CC1(C)c2cc3c(-c4ccccc4)c4ccccc4c(-c4ccccc4)c3cc2-c2c(-c3ccc(C4Nc5ccccc5N4c4ccccc4)cc3)cccc21. The van der Waals surface area contributed by atoms with Crippen molar-refractivity contribution < 1.29 is 0 Å². The maximum absolute atomic E-state index is 3.81. The summed E-state index contributed by atoms with van der Waals surface area (Å²) in [6.45, 7) is 4.80. The number of rotatable bonds is 5. The Balaban J connectivity index is 1.10. The van der Waals surface area contributed by atoms with Gasteiger partial charge in [0.15, 0.2) is 0 Å². The lowest BCUT2D eigenvalue weighted by Crippen LogP contribution is -2.23. The Labute approximate surface area is 328 Å². The lowest BCUT2D eigenvalue weighted by atomic mass is 9.79. The Morgan fingerprint density at radius 3 is 1.66 bits per heavy atom. The molecule has 11 rings (SSSR count). The highest BCUT2D eigenvalue weighted by Gasteiger charge is 2.38. The molecule has 9 aromatic carbocycles. The molecule has 1 atom stereocenters. The number of hydrogen-bond donors (Lipinski definition) is 1. The van der Waals surface area contributed by atoms with Crippen LogP contribution in [0.5, 0.6) is 0 Å². The van der Waals surface area contributed by atoms with Gasteiger partial charge in [0.05, 0.1) is 11.4 Å². The molecule has 0 spiro atoms. The number of nitrogens with one attached hydrogen (secondary N) is 1. The van der Waals surface area contributed by atoms with Gasteiger partial charge >= 0.3 is 0 Å². The Morgan fingerprint density at radius 2 is 1.00 bits per heavy atom. The van der Waals surface area contributed by atoms with Gasteiger partial charge in [0.1, 0.15) is 6.17 Å².